The molecule has 23 heavy (non-hydrogen) atoms. The van der Waals surface area contributed by atoms with Gasteiger partial charge in [-0.2, -0.15) is 0 Å². The SMILES string of the molecule is Cc1ccc(NCC(=O)NCc2ccc3c(c2)OCO3)c(Br)c1. The second-order valence-electron chi connectivity index (χ2n) is 5.30. The summed E-state index contributed by atoms with van der Waals surface area (Å²) in [5, 5.41) is 5.99. The highest BCUT2D eigenvalue weighted by molar-refractivity contribution is 9.10. The Morgan fingerprint density at radius 1 is 1.17 bits per heavy atom. The second kappa shape index (κ2) is 6.91. The minimum Gasteiger partial charge on any atom is -0.454 e. The lowest BCUT2D eigenvalue weighted by Gasteiger charge is -2.10. The largest absolute Gasteiger partial charge is 0.454 e. The molecule has 1 heterocycles. The maximum atomic E-state index is 12.0. The summed E-state index contributed by atoms with van der Waals surface area (Å²) in [5.74, 6) is 1.39. The molecule has 0 aromatic heterocycles. The van der Waals surface area contributed by atoms with Gasteiger partial charge in [0.1, 0.15) is 0 Å². The van der Waals surface area contributed by atoms with Gasteiger partial charge < -0.3 is 20.1 Å². The highest BCUT2D eigenvalue weighted by atomic mass is 79.9. The fourth-order valence-corrected chi connectivity index (χ4v) is 2.89. The molecule has 0 fully saturated rings. The second-order valence-corrected chi connectivity index (χ2v) is 6.16. The summed E-state index contributed by atoms with van der Waals surface area (Å²) in [7, 11) is 0. The molecule has 120 valence electrons. The van der Waals surface area contributed by atoms with Crippen molar-refractivity contribution < 1.29 is 14.3 Å². The fraction of sp³-hybridized carbons (Fsp3) is 0.235. The number of aryl methyl sites for hydroxylation is 1. The Hall–Kier alpha value is -2.21. The van der Waals surface area contributed by atoms with Gasteiger partial charge in [-0.05, 0) is 58.2 Å². The Kier molecular flexibility index (Phi) is 4.71. The molecule has 5 nitrogen and oxygen atoms in total. The minimum absolute atomic E-state index is 0.0739. The van der Waals surface area contributed by atoms with Crippen molar-refractivity contribution in [3.63, 3.8) is 0 Å². The number of rotatable bonds is 5. The molecule has 1 aliphatic rings. The zero-order valence-electron chi connectivity index (χ0n) is 12.7. The molecule has 0 saturated heterocycles. The van der Waals surface area contributed by atoms with E-state index in [2.05, 4.69) is 26.6 Å². The van der Waals surface area contributed by atoms with Crippen LogP contribution in [0.1, 0.15) is 11.1 Å². The van der Waals surface area contributed by atoms with Crippen LogP contribution < -0.4 is 20.1 Å². The monoisotopic (exact) mass is 376 g/mol. The third-order valence-corrected chi connectivity index (χ3v) is 4.15. The lowest BCUT2D eigenvalue weighted by Crippen LogP contribution is -2.29. The van der Waals surface area contributed by atoms with Crippen molar-refractivity contribution in [2.45, 2.75) is 13.5 Å². The number of nitrogens with one attached hydrogen (secondary N) is 2. The van der Waals surface area contributed by atoms with Gasteiger partial charge in [0, 0.05) is 16.7 Å². The fourth-order valence-electron chi connectivity index (χ4n) is 2.25. The lowest BCUT2D eigenvalue weighted by atomic mass is 10.2. The Balaban J connectivity index is 1.50. The molecular formula is C17H17BrN2O3. The molecule has 2 aromatic carbocycles. The Labute approximate surface area is 143 Å². The first-order valence-corrected chi connectivity index (χ1v) is 8.06. The summed E-state index contributed by atoms with van der Waals surface area (Å²) in [4.78, 5) is 12.0. The number of halogens is 1. The summed E-state index contributed by atoms with van der Waals surface area (Å²) in [6, 6.07) is 11.6. The van der Waals surface area contributed by atoms with Crippen LogP contribution in [0.2, 0.25) is 0 Å². The van der Waals surface area contributed by atoms with E-state index in [-0.39, 0.29) is 19.2 Å². The van der Waals surface area contributed by atoms with Crippen LogP contribution in [-0.4, -0.2) is 19.2 Å². The molecule has 0 unspecified atom stereocenters. The van der Waals surface area contributed by atoms with E-state index >= 15 is 0 Å². The maximum Gasteiger partial charge on any atom is 0.239 e. The van der Waals surface area contributed by atoms with Gasteiger partial charge in [0.25, 0.3) is 0 Å². The van der Waals surface area contributed by atoms with Gasteiger partial charge in [0.15, 0.2) is 11.5 Å². The molecule has 2 aromatic rings. The van der Waals surface area contributed by atoms with Gasteiger partial charge in [0.2, 0.25) is 12.7 Å². The zero-order valence-corrected chi connectivity index (χ0v) is 14.3. The van der Waals surface area contributed by atoms with Crippen molar-refractivity contribution in [1.29, 1.82) is 0 Å². The van der Waals surface area contributed by atoms with Crippen LogP contribution in [0.25, 0.3) is 0 Å². The number of ether oxygens (including phenoxy) is 2. The molecule has 1 aliphatic heterocycles. The number of benzene rings is 2. The third kappa shape index (κ3) is 3.96. The van der Waals surface area contributed by atoms with Gasteiger partial charge >= 0.3 is 0 Å². The van der Waals surface area contributed by atoms with Gasteiger partial charge in [-0.3, -0.25) is 4.79 Å². The van der Waals surface area contributed by atoms with Gasteiger partial charge in [-0.25, -0.2) is 0 Å². The first-order valence-electron chi connectivity index (χ1n) is 7.27. The summed E-state index contributed by atoms with van der Waals surface area (Å²) < 4.78 is 11.5. The summed E-state index contributed by atoms with van der Waals surface area (Å²) in [5.41, 5.74) is 3.03. The standard InChI is InChI=1S/C17H17BrN2O3/c1-11-2-4-14(13(18)6-11)19-9-17(21)20-8-12-3-5-15-16(7-12)23-10-22-15/h2-7,19H,8-10H2,1H3,(H,20,21). The average molecular weight is 377 g/mol. The number of fused-ring (bicyclic) bond motifs is 1. The van der Waals surface area contributed by atoms with Crippen molar-refractivity contribution in [3.8, 4) is 11.5 Å². The first-order chi connectivity index (χ1) is 11.1. The number of hydrogen-bond acceptors (Lipinski definition) is 4. The summed E-state index contributed by atoms with van der Waals surface area (Å²) in [6.45, 7) is 2.94. The van der Waals surface area contributed by atoms with E-state index in [0.717, 1.165) is 32.8 Å². The zero-order chi connectivity index (χ0) is 16.2. The molecule has 0 bridgehead atoms. The van der Waals surface area contributed by atoms with Crippen molar-refractivity contribution in [2.75, 3.05) is 18.7 Å². The van der Waals surface area contributed by atoms with Crippen LogP contribution in [0.4, 0.5) is 5.69 Å². The van der Waals surface area contributed by atoms with Crippen molar-refractivity contribution in [2.24, 2.45) is 0 Å². The van der Waals surface area contributed by atoms with E-state index in [4.69, 9.17) is 9.47 Å². The van der Waals surface area contributed by atoms with E-state index < -0.39 is 0 Å². The number of carbonyl (C=O) groups excluding carboxylic acids is 1. The van der Waals surface area contributed by atoms with E-state index in [1.54, 1.807) is 0 Å². The number of hydrogen-bond donors (Lipinski definition) is 2. The van der Waals surface area contributed by atoms with Crippen molar-refractivity contribution in [3.05, 3.63) is 52.0 Å². The van der Waals surface area contributed by atoms with Gasteiger partial charge in [-0.1, -0.05) is 12.1 Å². The molecule has 0 aliphatic carbocycles. The molecular weight excluding hydrogens is 360 g/mol. The first kappa shape index (κ1) is 15.7. The lowest BCUT2D eigenvalue weighted by molar-refractivity contribution is -0.119. The van der Waals surface area contributed by atoms with E-state index in [9.17, 15) is 4.79 Å². The molecule has 0 radical (unpaired) electrons. The van der Waals surface area contributed by atoms with E-state index in [1.165, 1.54) is 0 Å². The summed E-state index contributed by atoms with van der Waals surface area (Å²) in [6.07, 6.45) is 0. The number of anilines is 1. The van der Waals surface area contributed by atoms with E-state index in [1.807, 2.05) is 43.3 Å². The predicted octanol–water partition coefficient (Wildman–Crippen LogP) is 3.21. The van der Waals surface area contributed by atoms with Crippen LogP contribution in [-0.2, 0) is 11.3 Å². The van der Waals surface area contributed by atoms with Crippen LogP contribution in [0, 0.1) is 6.92 Å². The maximum absolute atomic E-state index is 12.0. The van der Waals surface area contributed by atoms with Gasteiger partial charge in [-0.15, -0.1) is 0 Å². The quantitative estimate of drug-likeness (QED) is 0.840. The molecule has 0 atom stereocenters. The Morgan fingerprint density at radius 2 is 2.00 bits per heavy atom. The number of carbonyl (C=O) groups is 1. The van der Waals surface area contributed by atoms with Gasteiger partial charge in [0.05, 0.1) is 6.54 Å². The van der Waals surface area contributed by atoms with Crippen molar-refractivity contribution in [1.82, 2.24) is 5.32 Å². The highest BCUT2D eigenvalue weighted by Crippen LogP contribution is 2.32. The smallest absolute Gasteiger partial charge is 0.239 e. The Morgan fingerprint density at radius 3 is 2.83 bits per heavy atom. The van der Waals surface area contributed by atoms with Crippen LogP contribution in [0.5, 0.6) is 11.5 Å². The minimum atomic E-state index is -0.0739. The Bertz CT molecular complexity index is 734. The van der Waals surface area contributed by atoms with Crippen LogP contribution in [0.3, 0.4) is 0 Å². The molecule has 0 saturated carbocycles. The molecule has 3 rings (SSSR count). The molecule has 0 spiro atoms. The molecule has 2 N–H and O–H groups in total. The summed E-state index contributed by atoms with van der Waals surface area (Å²) >= 11 is 3.48. The molecule has 6 heteroatoms. The van der Waals surface area contributed by atoms with Crippen LogP contribution >= 0.6 is 15.9 Å². The normalized spacial score (nSPS) is 12.1. The topological polar surface area (TPSA) is 59.6 Å². The third-order valence-electron chi connectivity index (χ3n) is 3.49. The van der Waals surface area contributed by atoms with Crippen LogP contribution in [0.15, 0.2) is 40.9 Å². The van der Waals surface area contributed by atoms with E-state index in [0.29, 0.717) is 6.54 Å². The molecule has 1 amide bonds. The number of amides is 1. The predicted molar refractivity (Wildman–Crippen MR) is 91.8 cm³/mol. The van der Waals surface area contributed by atoms with Crippen molar-refractivity contribution >= 4 is 27.5 Å². The highest BCUT2D eigenvalue weighted by Gasteiger charge is 2.13. The average Bonchev–Trinajstić information content (AvgIpc) is 2.99.